The number of sulfonamides is 1. The lowest BCUT2D eigenvalue weighted by molar-refractivity contribution is 0.0497. The zero-order chi connectivity index (χ0) is 23.1. The third-order valence-corrected chi connectivity index (χ3v) is 6.84. The fourth-order valence-electron chi connectivity index (χ4n) is 3.60. The van der Waals surface area contributed by atoms with Crippen LogP contribution in [-0.2, 0) is 21.2 Å². The summed E-state index contributed by atoms with van der Waals surface area (Å²) in [6.45, 7) is 6.23. The average molecular weight is 458 g/mol. The number of carbonyl (C=O) groups is 1. The van der Waals surface area contributed by atoms with Gasteiger partial charge in [0.05, 0.1) is 11.5 Å². The summed E-state index contributed by atoms with van der Waals surface area (Å²) >= 11 is 0. The Balaban J connectivity index is 1.76. The second kappa shape index (κ2) is 10.7. The molecule has 0 aliphatic carbocycles. The van der Waals surface area contributed by atoms with E-state index in [1.807, 2.05) is 6.92 Å². The molecule has 0 aliphatic heterocycles. The van der Waals surface area contributed by atoms with Crippen molar-refractivity contribution in [1.82, 2.24) is 0 Å². The summed E-state index contributed by atoms with van der Waals surface area (Å²) in [7, 11) is -3.76. The lowest BCUT2D eigenvalue weighted by atomic mass is 10.1. The van der Waals surface area contributed by atoms with Gasteiger partial charge in [-0.1, -0.05) is 51.7 Å². The number of ether oxygens (including phenoxy) is 1. The molecule has 172 valence electrons. The first-order chi connectivity index (χ1) is 15.4. The molecule has 0 saturated carbocycles. The predicted octanol–water partition coefficient (Wildman–Crippen LogP) is 6.23. The Hall–Kier alpha value is -2.80. The predicted molar refractivity (Wildman–Crippen MR) is 127 cm³/mol. The lowest BCUT2D eigenvalue weighted by Gasteiger charge is -2.09. The molecule has 0 unspecified atom stereocenters. The van der Waals surface area contributed by atoms with Crippen molar-refractivity contribution in [3.8, 4) is 0 Å². The average Bonchev–Trinajstić information content (AvgIpc) is 3.10. The standard InChI is InChI=1S/C25H31NO5S/c1-4-6-7-8-9-16-30-25(27)24-18(3)31-23-15-12-20(17-22(23)24)26-32(28,29)21-13-10-19(5-2)11-14-21/h10-15,17,26H,4-9,16H2,1-3H3. The first-order valence-corrected chi connectivity index (χ1v) is 12.7. The maximum atomic E-state index is 12.8. The van der Waals surface area contributed by atoms with Gasteiger partial charge in [-0.05, 0) is 55.7 Å². The van der Waals surface area contributed by atoms with Crippen molar-refractivity contribution in [2.45, 2.75) is 64.2 Å². The van der Waals surface area contributed by atoms with Crippen molar-refractivity contribution in [3.05, 3.63) is 59.4 Å². The second-order valence-corrected chi connectivity index (χ2v) is 9.58. The first-order valence-electron chi connectivity index (χ1n) is 11.2. The molecule has 0 amide bonds. The van der Waals surface area contributed by atoms with E-state index < -0.39 is 16.0 Å². The molecule has 6 nitrogen and oxygen atoms in total. The summed E-state index contributed by atoms with van der Waals surface area (Å²) < 4.78 is 39.3. The Morgan fingerprint density at radius 2 is 1.72 bits per heavy atom. The number of hydrogen-bond acceptors (Lipinski definition) is 5. The van der Waals surface area contributed by atoms with Crippen LogP contribution in [0.4, 0.5) is 5.69 Å². The Labute approximate surface area is 190 Å². The van der Waals surface area contributed by atoms with Crippen LogP contribution in [0.1, 0.15) is 67.6 Å². The highest BCUT2D eigenvalue weighted by Crippen LogP contribution is 2.30. The van der Waals surface area contributed by atoms with Crippen LogP contribution in [0.2, 0.25) is 0 Å². The van der Waals surface area contributed by atoms with E-state index in [9.17, 15) is 13.2 Å². The molecule has 2 aromatic carbocycles. The summed E-state index contributed by atoms with van der Waals surface area (Å²) in [5.41, 5.74) is 2.26. The van der Waals surface area contributed by atoms with Crippen LogP contribution in [0, 0.1) is 6.92 Å². The number of benzene rings is 2. The van der Waals surface area contributed by atoms with Crippen LogP contribution in [-0.4, -0.2) is 21.0 Å². The van der Waals surface area contributed by atoms with Crippen LogP contribution in [0.15, 0.2) is 51.8 Å². The number of furan rings is 1. The Kier molecular flexibility index (Phi) is 7.96. The monoisotopic (exact) mass is 457 g/mol. The summed E-state index contributed by atoms with van der Waals surface area (Å²) in [5, 5.41) is 0.528. The quantitative estimate of drug-likeness (QED) is 0.272. The van der Waals surface area contributed by atoms with Crippen molar-refractivity contribution in [3.63, 3.8) is 0 Å². The van der Waals surface area contributed by atoms with E-state index in [-0.39, 0.29) is 4.90 Å². The van der Waals surface area contributed by atoms with Crippen LogP contribution in [0.3, 0.4) is 0 Å². The number of hydrogen-bond donors (Lipinski definition) is 1. The van der Waals surface area contributed by atoms with Gasteiger partial charge in [0.2, 0.25) is 0 Å². The highest BCUT2D eigenvalue weighted by atomic mass is 32.2. The molecular weight excluding hydrogens is 426 g/mol. The van der Waals surface area contributed by atoms with Crippen molar-refractivity contribution in [2.75, 3.05) is 11.3 Å². The number of rotatable bonds is 11. The lowest BCUT2D eigenvalue weighted by Crippen LogP contribution is -2.13. The number of anilines is 1. The highest BCUT2D eigenvalue weighted by Gasteiger charge is 2.21. The normalized spacial score (nSPS) is 11.6. The van der Waals surface area contributed by atoms with Gasteiger partial charge in [0.15, 0.2) is 0 Å². The Morgan fingerprint density at radius 1 is 1.00 bits per heavy atom. The summed E-state index contributed by atoms with van der Waals surface area (Å²) in [6, 6.07) is 11.7. The summed E-state index contributed by atoms with van der Waals surface area (Å²) in [5.74, 6) is -0.00181. The minimum Gasteiger partial charge on any atom is -0.462 e. The minimum absolute atomic E-state index is 0.181. The molecule has 0 spiro atoms. The van der Waals surface area contributed by atoms with E-state index in [2.05, 4.69) is 11.6 Å². The maximum Gasteiger partial charge on any atom is 0.342 e. The molecule has 3 rings (SSSR count). The van der Waals surface area contributed by atoms with E-state index in [0.717, 1.165) is 37.7 Å². The molecule has 1 N–H and O–H groups in total. The van der Waals surface area contributed by atoms with Crippen molar-refractivity contribution in [2.24, 2.45) is 0 Å². The molecule has 1 aromatic heterocycles. The van der Waals surface area contributed by atoms with E-state index >= 15 is 0 Å². The molecule has 0 radical (unpaired) electrons. The van der Waals surface area contributed by atoms with Crippen molar-refractivity contribution >= 4 is 32.6 Å². The summed E-state index contributed by atoms with van der Waals surface area (Å²) in [4.78, 5) is 12.9. The number of unbranched alkanes of at least 4 members (excludes halogenated alkanes) is 4. The van der Waals surface area contributed by atoms with Gasteiger partial charge < -0.3 is 9.15 Å². The van der Waals surface area contributed by atoms with E-state index in [1.54, 1.807) is 49.4 Å². The van der Waals surface area contributed by atoms with Gasteiger partial charge in [-0.2, -0.15) is 0 Å². The van der Waals surface area contributed by atoms with E-state index in [0.29, 0.717) is 34.6 Å². The maximum absolute atomic E-state index is 12.8. The number of esters is 1. The van der Waals surface area contributed by atoms with Gasteiger partial charge in [0, 0.05) is 11.1 Å². The molecule has 0 bridgehead atoms. The van der Waals surface area contributed by atoms with E-state index in [4.69, 9.17) is 9.15 Å². The van der Waals surface area contributed by atoms with Crippen LogP contribution >= 0.6 is 0 Å². The minimum atomic E-state index is -3.76. The number of aryl methyl sites for hydroxylation is 2. The van der Waals surface area contributed by atoms with Crippen molar-refractivity contribution < 1.29 is 22.4 Å². The molecule has 0 aliphatic rings. The van der Waals surface area contributed by atoms with Gasteiger partial charge in [-0.3, -0.25) is 4.72 Å². The first kappa shape index (κ1) is 23.9. The molecule has 0 saturated heterocycles. The van der Waals surface area contributed by atoms with Gasteiger partial charge >= 0.3 is 5.97 Å². The van der Waals surface area contributed by atoms with Gasteiger partial charge in [-0.25, -0.2) is 13.2 Å². The van der Waals surface area contributed by atoms with Gasteiger partial charge in [0.1, 0.15) is 16.9 Å². The highest BCUT2D eigenvalue weighted by molar-refractivity contribution is 7.92. The van der Waals surface area contributed by atoms with E-state index in [1.165, 1.54) is 6.42 Å². The number of nitrogens with one attached hydrogen (secondary N) is 1. The van der Waals surface area contributed by atoms with Crippen LogP contribution in [0.5, 0.6) is 0 Å². The largest absolute Gasteiger partial charge is 0.462 e. The zero-order valence-electron chi connectivity index (χ0n) is 18.9. The number of carbonyl (C=O) groups excluding carboxylic acids is 1. The fraction of sp³-hybridized carbons (Fsp3) is 0.400. The molecular formula is C25H31NO5S. The smallest absolute Gasteiger partial charge is 0.342 e. The number of fused-ring (bicyclic) bond motifs is 1. The summed E-state index contributed by atoms with van der Waals surface area (Å²) in [6.07, 6.45) is 6.16. The van der Waals surface area contributed by atoms with Crippen LogP contribution < -0.4 is 4.72 Å². The topological polar surface area (TPSA) is 85.6 Å². The fourth-order valence-corrected chi connectivity index (χ4v) is 4.65. The SMILES string of the molecule is CCCCCCCOC(=O)c1c(C)oc2ccc(NS(=O)(=O)c3ccc(CC)cc3)cc12. The Morgan fingerprint density at radius 3 is 2.41 bits per heavy atom. The van der Waals surface area contributed by atoms with Gasteiger partial charge in [-0.15, -0.1) is 0 Å². The Bertz CT molecular complexity index is 1160. The second-order valence-electron chi connectivity index (χ2n) is 7.90. The van der Waals surface area contributed by atoms with Gasteiger partial charge in [0.25, 0.3) is 10.0 Å². The van der Waals surface area contributed by atoms with Crippen molar-refractivity contribution in [1.29, 1.82) is 0 Å². The molecule has 0 atom stereocenters. The third kappa shape index (κ3) is 5.71. The molecule has 3 aromatic rings. The third-order valence-electron chi connectivity index (χ3n) is 5.44. The molecule has 7 heteroatoms. The molecule has 0 fully saturated rings. The van der Waals surface area contributed by atoms with Crippen LogP contribution in [0.25, 0.3) is 11.0 Å². The zero-order valence-corrected chi connectivity index (χ0v) is 19.8. The molecule has 1 heterocycles. The molecule has 32 heavy (non-hydrogen) atoms.